The van der Waals surface area contributed by atoms with Crippen LogP contribution in [0.3, 0.4) is 0 Å². The lowest BCUT2D eigenvalue weighted by molar-refractivity contribution is -0.146. The normalized spacial score (nSPS) is 27.8. The SMILES string of the molecule is O=C(Nc1ccccn1)[C@H](Cc1ccccc1)N1C(=O)[C@H]2[C@H](C1=O)[C@H]1C=C[C@H]2CC1. The van der Waals surface area contributed by atoms with E-state index >= 15 is 0 Å². The molecule has 1 aliphatic heterocycles. The smallest absolute Gasteiger partial charge is 0.249 e. The number of hydrogen-bond acceptors (Lipinski definition) is 4. The number of fused-ring (bicyclic) bond motifs is 1. The van der Waals surface area contributed by atoms with Gasteiger partial charge in [0, 0.05) is 12.6 Å². The topological polar surface area (TPSA) is 79.4 Å². The molecule has 6 nitrogen and oxygen atoms in total. The predicted octanol–water partition coefficient (Wildman–Crippen LogP) is 2.83. The fourth-order valence-corrected chi connectivity index (χ4v) is 5.19. The third-order valence-corrected chi connectivity index (χ3v) is 6.60. The summed E-state index contributed by atoms with van der Waals surface area (Å²) in [5.41, 5.74) is 0.898. The summed E-state index contributed by atoms with van der Waals surface area (Å²) < 4.78 is 0. The second-order valence-corrected chi connectivity index (χ2v) is 8.30. The van der Waals surface area contributed by atoms with Crippen LogP contribution in [0.4, 0.5) is 5.82 Å². The summed E-state index contributed by atoms with van der Waals surface area (Å²) in [6.07, 6.45) is 7.90. The number of nitrogens with zero attached hydrogens (tertiary/aromatic N) is 2. The van der Waals surface area contributed by atoms with Crippen LogP contribution in [-0.2, 0) is 20.8 Å². The van der Waals surface area contributed by atoms with Crippen LogP contribution in [-0.4, -0.2) is 33.6 Å². The van der Waals surface area contributed by atoms with Crippen molar-refractivity contribution in [1.82, 2.24) is 9.88 Å². The van der Waals surface area contributed by atoms with Crippen molar-refractivity contribution >= 4 is 23.5 Å². The Labute approximate surface area is 175 Å². The average molecular weight is 401 g/mol. The van der Waals surface area contributed by atoms with Gasteiger partial charge in [0.15, 0.2) is 0 Å². The van der Waals surface area contributed by atoms with Crippen LogP contribution in [0.1, 0.15) is 18.4 Å². The van der Waals surface area contributed by atoms with Crippen molar-refractivity contribution in [2.75, 3.05) is 5.32 Å². The summed E-state index contributed by atoms with van der Waals surface area (Å²) in [5, 5.41) is 2.79. The van der Waals surface area contributed by atoms with Crippen molar-refractivity contribution in [3.63, 3.8) is 0 Å². The number of allylic oxidation sites excluding steroid dienone is 2. The monoisotopic (exact) mass is 401 g/mol. The molecule has 30 heavy (non-hydrogen) atoms. The minimum absolute atomic E-state index is 0.0951. The molecule has 6 heteroatoms. The lowest BCUT2D eigenvalue weighted by Crippen LogP contribution is -2.49. The van der Waals surface area contributed by atoms with E-state index in [0.717, 1.165) is 18.4 Å². The molecule has 2 bridgehead atoms. The van der Waals surface area contributed by atoms with Crippen molar-refractivity contribution < 1.29 is 14.4 Å². The Morgan fingerprint density at radius 1 is 0.967 bits per heavy atom. The number of carbonyl (C=O) groups is 3. The quantitative estimate of drug-likeness (QED) is 0.617. The highest BCUT2D eigenvalue weighted by Crippen LogP contribution is 2.50. The van der Waals surface area contributed by atoms with Crippen LogP contribution >= 0.6 is 0 Å². The lowest BCUT2D eigenvalue weighted by Gasteiger charge is -2.38. The molecular formula is C24H23N3O3. The van der Waals surface area contributed by atoms with Gasteiger partial charge in [-0.25, -0.2) is 4.98 Å². The third-order valence-electron chi connectivity index (χ3n) is 6.60. The van der Waals surface area contributed by atoms with E-state index in [1.54, 1.807) is 24.4 Å². The number of hydrogen-bond donors (Lipinski definition) is 1. The van der Waals surface area contributed by atoms with Crippen molar-refractivity contribution in [3.8, 4) is 0 Å². The van der Waals surface area contributed by atoms with Crippen molar-refractivity contribution in [2.45, 2.75) is 25.3 Å². The number of likely N-dealkylation sites (tertiary alicyclic amines) is 1. The molecular weight excluding hydrogens is 378 g/mol. The first kappa shape index (κ1) is 18.7. The highest BCUT2D eigenvalue weighted by atomic mass is 16.2. The van der Waals surface area contributed by atoms with Gasteiger partial charge >= 0.3 is 0 Å². The molecule has 152 valence electrons. The molecule has 2 aromatic rings. The summed E-state index contributed by atoms with van der Waals surface area (Å²) in [7, 11) is 0. The van der Waals surface area contributed by atoms with Crippen LogP contribution in [0.15, 0.2) is 66.9 Å². The molecule has 2 fully saturated rings. The Bertz CT molecular complexity index is 973. The summed E-state index contributed by atoms with van der Waals surface area (Å²) in [5.74, 6) is -0.876. The predicted molar refractivity (Wildman–Crippen MR) is 111 cm³/mol. The van der Waals surface area contributed by atoms with Gasteiger partial charge in [-0.1, -0.05) is 48.6 Å². The Kier molecular flexibility index (Phi) is 4.69. The zero-order chi connectivity index (χ0) is 20.7. The number of anilines is 1. The highest BCUT2D eigenvalue weighted by molar-refractivity contribution is 6.10. The maximum Gasteiger partial charge on any atom is 0.249 e. The van der Waals surface area contributed by atoms with E-state index in [-0.39, 0.29) is 41.9 Å². The molecule has 1 saturated carbocycles. The first-order valence-electron chi connectivity index (χ1n) is 10.4. The van der Waals surface area contributed by atoms with E-state index < -0.39 is 11.9 Å². The third kappa shape index (κ3) is 3.12. The standard InChI is InChI=1S/C24H23N3O3/c28-22(26-19-8-4-5-13-25-19)18(14-15-6-2-1-3-7-15)27-23(29)20-16-9-10-17(12-11-16)21(20)24(27)30/h1-10,13,16-18,20-21H,11-12,14H2,(H,25,26,28)/t16-,17-,18-,20+,21+/m0/s1. The van der Waals surface area contributed by atoms with Gasteiger partial charge in [0.2, 0.25) is 17.7 Å². The van der Waals surface area contributed by atoms with Gasteiger partial charge in [0.1, 0.15) is 11.9 Å². The molecule has 2 heterocycles. The van der Waals surface area contributed by atoms with E-state index in [2.05, 4.69) is 22.5 Å². The molecule has 1 saturated heterocycles. The molecule has 6 rings (SSSR count). The number of imide groups is 1. The summed E-state index contributed by atoms with van der Waals surface area (Å²) in [6, 6.07) is 13.8. The molecule has 3 amide bonds. The largest absolute Gasteiger partial charge is 0.309 e. The van der Waals surface area contributed by atoms with Gasteiger partial charge in [0.05, 0.1) is 11.8 Å². The number of amides is 3. The van der Waals surface area contributed by atoms with Gasteiger partial charge in [-0.05, 0) is 42.4 Å². The maximum absolute atomic E-state index is 13.4. The van der Waals surface area contributed by atoms with E-state index in [1.807, 2.05) is 30.3 Å². The van der Waals surface area contributed by atoms with E-state index in [0.29, 0.717) is 5.82 Å². The first-order chi connectivity index (χ1) is 14.6. The van der Waals surface area contributed by atoms with Crippen LogP contribution in [0.2, 0.25) is 0 Å². The number of nitrogens with one attached hydrogen (secondary N) is 1. The van der Waals surface area contributed by atoms with Crippen LogP contribution in [0.5, 0.6) is 0 Å². The molecule has 0 radical (unpaired) electrons. The maximum atomic E-state index is 13.4. The zero-order valence-corrected chi connectivity index (χ0v) is 16.5. The van der Waals surface area contributed by atoms with E-state index in [4.69, 9.17) is 0 Å². The Morgan fingerprint density at radius 2 is 1.60 bits per heavy atom. The molecule has 0 unspecified atom stereocenters. The summed E-state index contributed by atoms with van der Waals surface area (Å²) >= 11 is 0. The lowest BCUT2D eigenvalue weighted by atomic mass is 9.63. The second kappa shape index (κ2) is 7.52. The second-order valence-electron chi connectivity index (χ2n) is 8.30. The first-order valence-corrected chi connectivity index (χ1v) is 10.4. The molecule has 1 N–H and O–H groups in total. The van der Waals surface area contributed by atoms with Crippen molar-refractivity contribution in [2.24, 2.45) is 23.7 Å². The minimum atomic E-state index is -0.903. The number of carbonyl (C=O) groups excluding carboxylic acids is 3. The number of pyridine rings is 1. The Balaban J connectivity index is 1.47. The molecule has 4 aliphatic rings. The van der Waals surface area contributed by atoms with Crippen LogP contribution in [0, 0.1) is 23.7 Å². The molecule has 1 aromatic heterocycles. The van der Waals surface area contributed by atoms with Crippen molar-refractivity contribution in [1.29, 1.82) is 0 Å². The van der Waals surface area contributed by atoms with Gasteiger partial charge < -0.3 is 5.32 Å². The van der Waals surface area contributed by atoms with Crippen LogP contribution in [0.25, 0.3) is 0 Å². The zero-order valence-electron chi connectivity index (χ0n) is 16.5. The average Bonchev–Trinajstić information content (AvgIpc) is 3.07. The number of benzene rings is 1. The number of rotatable bonds is 5. The molecule has 1 aromatic carbocycles. The van der Waals surface area contributed by atoms with Gasteiger partial charge in [-0.3, -0.25) is 19.3 Å². The van der Waals surface area contributed by atoms with Gasteiger partial charge in [0.25, 0.3) is 0 Å². The van der Waals surface area contributed by atoms with E-state index in [9.17, 15) is 14.4 Å². The highest BCUT2D eigenvalue weighted by Gasteiger charge is 2.58. The van der Waals surface area contributed by atoms with Crippen LogP contribution < -0.4 is 5.32 Å². The minimum Gasteiger partial charge on any atom is -0.309 e. The molecule has 0 spiro atoms. The Morgan fingerprint density at radius 3 is 2.17 bits per heavy atom. The fourth-order valence-electron chi connectivity index (χ4n) is 5.19. The van der Waals surface area contributed by atoms with Crippen molar-refractivity contribution in [3.05, 3.63) is 72.4 Å². The molecule has 5 atom stereocenters. The van der Waals surface area contributed by atoms with E-state index in [1.165, 1.54) is 4.90 Å². The fraction of sp³-hybridized carbons (Fsp3) is 0.333. The van der Waals surface area contributed by atoms with Gasteiger partial charge in [-0.2, -0.15) is 0 Å². The summed E-state index contributed by atoms with van der Waals surface area (Å²) in [6.45, 7) is 0. The molecule has 3 aliphatic carbocycles. The summed E-state index contributed by atoms with van der Waals surface area (Å²) in [4.78, 5) is 45.5. The Hall–Kier alpha value is -3.28. The number of aromatic nitrogens is 1. The van der Waals surface area contributed by atoms with Gasteiger partial charge in [-0.15, -0.1) is 0 Å².